The van der Waals surface area contributed by atoms with Crippen LogP contribution in [0.3, 0.4) is 0 Å². The standard InChI is InChI=1S/C24H28N4O5/c1-26(2)23(30)15-5-6-20-19(10-15)17(13-27(20)3)9-18-14-33-8-7-28(18)24(31)16-11-21(29)22(32-4)25-12-16/h5-6,10-13,18,29H,7-9,14H2,1-4H3/t18-/m0/s1. The van der Waals surface area contributed by atoms with E-state index in [0.29, 0.717) is 31.7 Å². The minimum Gasteiger partial charge on any atom is -0.503 e. The summed E-state index contributed by atoms with van der Waals surface area (Å²) in [4.78, 5) is 33.1. The third-order valence-electron chi connectivity index (χ3n) is 5.94. The second-order valence-corrected chi connectivity index (χ2v) is 8.38. The average molecular weight is 453 g/mol. The lowest BCUT2D eigenvalue weighted by atomic mass is 10.0. The van der Waals surface area contributed by atoms with Gasteiger partial charge in [-0.05, 0) is 36.2 Å². The zero-order chi connectivity index (χ0) is 23.7. The summed E-state index contributed by atoms with van der Waals surface area (Å²) in [5.74, 6) is -0.391. The SMILES string of the molecule is COc1ncc(C(=O)N2CCOC[C@@H]2Cc2cn(C)c3ccc(C(=O)N(C)C)cc23)cc1O. The molecule has 2 amide bonds. The summed E-state index contributed by atoms with van der Waals surface area (Å²) < 4.78 is 12.7. The number of aryl methyl sites for hydroxylation is 1. The second-order valence-electron chi connectivity index (χ2n) is 8.38. The highest BCUT2D eigenvalue weighted by Crippen LogP contribution is 2.28. The van der Waals surface area contributed by atoms with Crippen LogP contribution >= 0.6 is 0 Å². The van der Waals surface area contributed by atoms with Crippen molar-refractivity contribution >= 4 is 22.7 Å². The van der Waals surface area contributed by atoms with E-state index >= 15 is 0 Å². The minimum absolute atomic E-state index is 0.0590. The van der Waals surface area contributed by atoms with E-state index in [9.17, 15) is 14.7 Å². The maximum Gasteiger partial charge on any atom is 0.256 e. The number of aromatic nitrogens is 2. The molecule has 2 aromatic heterocycles. The number of morpholine rings is 1. The van der Waals surface area contributed by atoms with Crippen LogP contribution in [0.2, 0.25) is 0 Å². The average Bonchev–Trinajstić information content (AvgIpc) is 3.12. The Morgan fingerprint density at radius 3 is 2.76 bits per heavy atom. The number of ether oxygens (including phenoxy) is 2. The lowest BCUT2D eigenvalue weighted by molar-refractivity contribution is -0.00160. The first-order valence-electron chi connectivity index (χ1n) is 10.7. The number of methoxy groups -OCH3 is 1. The summed E-state index contributed by atoms with van der Waals surface area (Å²) in [6, 6.07) is 6.86. The van der Waals surface area contributed by atoms with Crippen LogP contribution in [0.15, 0.2) is 36.7 Å². The maximum absolute atomic E-state index is 13.3. The minimum atomic E-state index is -0.225. The number of hydrogen-bond donors (Lipinski definition) is 1. The van der Waals surface area contributed by atoms with Crippen LogP contribution in [0.25, 0.3) is 10.9 Å². The molecule has 1 aromatic carbocycles. The van der Waals surface area contributed by atoms with Gasteiger partial charge in [0.25, 0.3) is 17.7 Å². The number of rotatable bonds is 5. The maximum atomic E-state index is 13.3. The molecule has 0 radical (unpaired) electrons. The molecule has 0 spiro atoms. The highest BCUT2D eigenvalue weighted by molar-refractivity contribution is 5.99. The normalized spacial score (nSPS) is 16.1. The fourth-order valence-electron chi connectivity index (χ4n) is 4.25. The van der Waals surface area contributed by atoms with Crippen molar-refractivity contribution in [2.75, 3.05) is 41.0 Å². The molecular weight excluding hydrogens is 424 g/mol. The molecule has 0 saturated carbocycles. The van der Waals surface area contributed by atoms with Gasteiger partial charge in [0.15, 0.2) is 5.75 Å². The van der Waals surface area contributed by atoms with Crippen molar-refractivity contribution < 1.29 is 24.2 Å². The van der Waals surface area contributed by atoms with E-state index in [-0.39, 0.29) is 35.0 Å². The smallest absolute Gasteiger partial charge is 0.256 e. The Kier molecular flexibility index (Phi) is 6.24. The topological polar surface area (TPSA) is 97.1 Å². The molecule has 33 heavy (non-hydrogen) atoms. The van der Waals surface area contributed by atoms with Gasteiger partial charge < -0.3 is 28.9 Å². The Hall–Kier alpha value is -3.59. The van der Waals surface area contributed by atoms with Crippen LogP contribution in [0.1, 0.15) is 26.3 Å². The van der Waals surface area contributed by atoms with Gasteiger partial charge in [-0.1, -0.05) is 0 Å². The molecule has 0 aliphatic carbocycles. The molecule has 4 rings (SSSR count). The predicted molar refractivity (Wildman–Crippen MR) is 123 cm³/mol. The summed E-state index contributed by atoms with van der Waals surface area (Å²) in [7, 11) is 6.83. The summed E-state index contributed by atoms with van der Waals surface area (Å²) in [6.45, 7) is 1.27. The van der Waals surface area contributed by atoms with E-state index < -0.39 is 0 Å². The highest BCUT2D eigenvalue weighted by atomic mass is 16.5. The van der Waals surface area contributed by atoms with Crippen LogP contribution in [0, 0.1) is 0 Å². The fourth-order valence-corrected chi connectivity index (χ4v) is 4.25. The first kappa shape index (κ1) is 22.6. The van der Waals surface area contributed by atoms with Gasteiger partial charge in [0.05, 0.1) is 31.9 Å². The number of aromatic hydroxyl groups is 1. The molecule has 1 N–H and O–H groups in total. The largest absolute Gasteiger partial charge is 0.503 e. The van der Waals surface area contributed by atoms with Gasteiger partial charge in [0.2, 0.25) is 0 Å². The lowest BCUT2D eigenvalue weighted by Gasteiger charge is -2.35. The molecule has 0 bridgehead atoms. The molecule has 1 aliphatic rings. The van der Waals surface area contributed by atoms with Crippen molar-refractivity contribution in [2.45, 2.75) is 12.5 Å². The third kappa shape index (κ3) is 4.36. The highest BCUT2D eigenvalue weighted by Gasteiger charge is 2.30. The van der Waals surface area contributed by atoms with Crippen molar-refractivity contribution in [1.82, 2.24) is 19.4 Å². The number of carbonyl (C=O) groups excluding carboxylic acids is 2. The Labute approximate surface area is 192 Å². The van der Waals surface area contributed by atoms with Gasteiger partial charge in [-0.3, -0.25) is 9.59 Å². The van der Waals surface area contributed by atoms with Crippen molar-refractivity contribution in [1.29, 1.82) is 0 Å². The summed E-state index contributed by atoms with van der Waals surface area (Å²) in [6.07, 6.45) is 4.01. The van der Waals surface area contributed by atoms with Crippen LogP contribution in [-0.2, 0) is 18.2 Å². The molecule has 9 nitrogen and oxygen atoms in total. The van der Waals surface area contributed by atoms with Crippen molar-refractivity contribution in [3.05, 3.63) is 53.3 Å². The molecule has 1 atom stereocenters. The first-order valence-corrected chi connectivity index (χ1v) is 10.7. The Morgan fingerprint density at radius 1 is 1.27 bits per heavy atom. The van der Waals surface area contributed by atoms with Crippen molar-refractivity contribution in [3.8, 4) is 11.6 Å². The zero-order valence-electron chi connectivity index (χ0n) is 19.2. The number of pyridine rings is 1. The van der Waals surface area contributed by atoms with Gasteiger partial charge in [-0.2, -0.15) is 0 Å². The van der Waals surface area contributed by atoms with Gasteiger partial charge in [-0.25, -0.2) is 4.98 Å². The summed E-state index contributed by atoms with van der Waals surface area (Å²) in [5, 5.41) is 11.0. The fraction of sp³-hybridized carbons (Fsp3) is 0.375. The zero-order valence-corrected chi connectivity index (χ0v) is 19.2. The number of fused-ring (bicyclic) bond motifs is 1. The van der Waals surface area contributed by atoms with Crippen LogP contribution in [-0.4, -0.2) is 83.3 Å². The van der Waals surface area contributed by atoms with E-state index in [4.69, 9.17) is 9.47 Å². The van der Waals surface area contributed by atoms with E-state index in [1.54, 1.807) is 23.9 Å². The number of amides is 2. The monoisotopic (exact) mass is 452 g/mol. The van der Waals surface area contributed by atoms with E-state index in [1.165, 1.54) is 19.4 Å². The van der Waals surface area contributed by atoms with Crippen molar-refractivity contribution in [3.63, 3.8) is 0 Å². The van der Waals surface area contributed by atoms with Crippen LogP contribution in [0.4, 0.5) is 0 Å². The summed E-state index contributed by atoms with van der Waals surface area (Å²) >= 11 is 0. The number of hydrogen-bond acceptors (Lipinski definition) is 6. The number of benzene rings is 1. The molecule has 1 saturated heterocycles. The van der Waals surface area contributed by atoms with Gasteiger partial charge in [0, 0.05) is 56.5 Å². The summed E-state index contributed by atoms with van der Waals surface area (Å²) in [5.41, 5.74) is 2.95. The lowest BCUT2D eigenvalue weighted by Crippen LogP contribution is -2.49. The molecule has 3 heterocycles. The molecular formula is C24H28N4O5. The van der Waals surface area contributed by atoms with Gasteiger partial charge in [-0.15, -0.1) is 0 Å². The number of carbonyl (C=O) groups is 2. The Morgan fingerprint density at radius 2 is 2.06 bits per heavy atom. The van der Waals surface area contributed by atoms with Gasteiger partial charge >= 0.3 is 0 Å². The van der Waals surface area contributed by atoms with Crippen LogP contribution < -0.4 is 4.74 Å². The Bertz CT molecular complexity index is 1200. The quantitative estimate of drug-likeness (QED) is 0.637. The first-order chi connectivity index (χ1) is 15.8. The molecule has 1 fully saturated rings. The molecule has 0 unspecified atom stereocenters. The predicted octanol–water partition coefficient (Wildman–Crippen LogP) is 2.07. The van der Waals surface area contributed by atoms with Crippen LogP contribution in [0.5, 0.6) is 11.6 Å². The number of nitrogens with zero attached hydrogens (tertiary/aromatic N) is 4. The molecule has 3 aromatic rings. The van der Waals surface area contributed by atoms with Gasteiger partial charge in [0.1, 0.15) is 0 Å². The molecule has 174 valence electrons. The second kappa shape index (κ2) is 9.11. The Balaban J connectivity index is 1.64. The van der Waals surface area contributed by atoms with E-state index in [0.717, 1.165) is 16.5 Å². The van der Waals surface area contributed by atoms with E-state index in [1.807, 2.05) is 36.0 Å². The van der Waals surface area contributed by atoms with E-state index in [2.05, 4.69) is 4.98 Å². The molecule has 9 heteroatoms. The third-order valence-corrected chi connectivity index (χ3v) is 5.94. The molecule has 1 aliphatic heterocycles. The van der Waals surface area contributed by atoms with Crippen molar-refractivity contribution in [2.24, 2.45) is 7.05 Å².